The molecule has 0 aromatic heterocycles. The summed E-state index contributed by atoms with van der Waals surface area (Å²) >= 11 is 6.18. The molecule has 3 atom stereocenters. The van der Waals surface area contributed by atoms with Crippen LogP contribution in [0.15, 0.2) is 48.6 Å². The summed E-state index contributed by atoms with van der Waals surface area (Å²) in [5.74, 6) is -0.444. The third kappa shape index (κ3) is 2.31. The average molecular weight is 340 g/mol. The lowest BCUT2D eigenvalue weighted by Gasteiger charge is -2.39. The van der Waals surface area contributed by atoms with Crippen molar-refractivity contribution in [3.05, 3.63) is 75.8 Å². The molecule has 0 bridgehead atoms. The molecule has 122 valence electrons. The zero-order valence-electron chi connectivity index (χ0n) is 13.3. The van der Waals surface area contributed by atoms with E-state index in [1.54, 1.807) is 6.07 Å². The molecule has 0 unspecified atom stereocenters. The smallest absolute Gasteiger partial charge is 0.336 e. The van der Waals surface area contributed by atoms with Crippen molar-refractivity contribution in [1.82, 2.24) is 0 Å². The molecule has 1 heterocycles. The second kappa shape index (κ2) is 5.67. The number of anilines is 1. The van der Waals surface area contributed by atoms with Gasteiger partial charge < -0.3 is 10.4 Å². The molecule has 2 aliphatic rings. The van der Waals surface area contributed by atoms with E-state index in [1.807, 2.05) is 31.2 Å². The molecule has 0 saturated carbocycles. The van der Waals surface area contributed by atoms with Crippen molar-refractivity contribution >= 4 is 23.3 Å². The average Bonchev–Trinajstić information content (AvgIpc) is 3.04. The molecule has 0 saturated heterocycles. The Balaban J connectivity index is 1.88. The van der Waals surface area contributed by atoms with Gasteiger partial charge in [-0.25, -0.2) is 4.79 Å². The SMILES string of the molecule is Cc1ccc(C(=O)O)c2c1N[C@@H](c1cccc(Cl)c1)[C@H]1CC=C[C@@H]21. The van der Waals surface area contributed by atoms with E-state index in [1.165, 1.54) is 0 Å². The number of nitrogens with one attached hydrogen (secondary N) is 1. The number of carboxylic acids is 1. The molecule has 0 fully saturated rings. The maximum absolute atomic E-state index is 11.7. The molecule has 2 aromatic rings. The Hall–Kier alpha value is -2.26. The van der Waals surface area contributed by atoms with Crippen LogP contribution < -0.4 is 5.32 Å². The van der Waals surface area contributed by atoms with Crippen LogP contribution in [0.2, 0.25) is 5.02 Å². The minimum absolute atomic E-state index is 0.122. The maximum Gasteiger partial charge on any atom is 0.336 e. The zero-order chi connectivity index (χ0) is 16.8. The normalized spacial score (nSPS) is 24.2. The number of halogens is 1. The summed E-state index contributed by atoms with van der Waals surface area (Å²) in [5.41, 5.74) is 4.48. The zero-order valence-corrected chi connectivity index (χ0v) is 14.0. The summed E-state index contributed by atoms with van der Waals surface area (Å²) < 4.78 is 0. The Morgan fingerprint density at radius 2 is 2.12 bits per heavy atom. The van der Waals surface area contributed by atoms with Crippen molar-refractivity contribution < 1.29 is 9.90 Å². The quantitative estimate of drug-likeness (QED) is 0.742. The summed E-state index contributed by atoms with van der Waals surface area (Å²) in [6.45, 7) is 2.02. The van der Waals surface area contributed by atoms with Crippen molar-refractivity contribution in [1.29, 1.82) is 0 Å². The van der Waals surface area contributed by atoms with Gasteiger partial charge in [-0.2, -0.15) is 0 Å². The molecule has 1 aliphatic carbocycles. The van der Waals surface area contributed by atoms with Crippen LogP contribution >= 0.6 is 11.6 Å². The highest BCUT2D eigenvalue weighted by Gasteiger charge is 2.40. The van der Waals surface area contributed by atoms with Crippen LogP contribution in [0, 0.1) is 12.8 Å². The highest BCUT2D eigenvalue weighted by atomic mass is 35.5. The topological polar surface area (TPSA) is 49.3 Å². The van der Waals surface area contributed by atoms with Crippen molar-refractivity contribution in [3.63, 3.8) is 0 Å². The van der Waals surface area contributed by atoms with E-state index in [0.717, 1.165) is 33.8 Å². The van der Waals surface area contributed by atoms with Crippen LogP contribution in [0.1, 0.15) is 45.4 Å². The van der Waals surface area contributed by atoms with Gasteiger partial charge in [-0.1, -0.05) is 42.0 Å². The lowest BCUT2D eigenvalue weighted by atomic mass is 9.75. The van der Waals surface area contributed by atoms with E-state index in [-0.39, 0.29) is 12.0 Å². The third-order valence-corrected chi connectivity index (χ3v) is 5.40. The van der Waals surface area contributed by atoms with Gasteiger partial charge in [0.25, 0.3) is 0 Å². The predicted octanol–water partition coefficient (Wildman–Crippen LogP) is 5.17. The minimum Gasteiger partial charge on any atom is -0.478 e. The van der Waals surface area contributed by atoms with E-state index in [9.17, 15) is 9.90 Å². The first-order valence-electron chi connectivity index (χ1n) is 8.11. The monoisotopic (exact) mass is 339 g/mol. The Labute approximate surface area is 146 Å². The molecule has 0 spiro atoms. The van der Waals surface area contributed by atoms with Crippen molar-refractivity contribution in [2.75, 3.05) is 5.32 Å². The van der Waals surface area contributed by atoms with Crippen LogP contribution in [0.3, 0.4) is 0 Å². The summed E-state index contributed by atoms with van der Waals surface area (Å²) in [4.78, 5) is 11.7. The van der Waals surface area contributed by atoms with Gasteiger partial charge in [0, 0.05) is 16.6 Å². The Kier molecular flexibility index (Phi) is 3.61. The first-order chi connectivity index (χ1) is 11.6. The van der Waals surface area contributed by atoms with Gasteiger partial charge in [-0.05, 0) is 54.2 Å². The summed E-state index contributed by atoms with van der Waals surface area (Å²) in [7, 11) is 0. The maximum atomic E-state index is 11.7. The molecule has 2 aromatic carbocycles. The standard InChI is InChI=1S/C20H18ClNO2/c1-11-8-9-16(20(23)24)17-14-6-3-7-15(14)19(22-18(11)17)12-4-2-5-13(21)10-12/h2-6,8-10,14-15,19,22H,7H2,1H3,(H,23,24)/t14-,15+,19+/m1/s1. The summed E-state index contributed by atoms with van der Waals surface area (Å²) in [5, 5.41) is 13.9. The molecular weight excluding hydrogens is 322 g/mol. The minimum atomic E-state index is -0.867. The number of allylic oxidation sites excluding steroid dienone is 2. The highest BCUT2D eigenvalue weighted by molar-refractivity contribution is 6.30. The van der Waals surface area contributed by atoms with E-state index >= 15 is 0 Å². The number of aromatic carboxylic acids is 1. The fourth-order valence-electron chi connectivity index (χ4n) is 4.07. The lowest BCUT2D eigenvalue weighted by Crippen LogP contribution is -2.31. The van der Waals surface area contributed by atoms with Gasteiger partial charge in [0.15, 0.2) is 0 Å². The van der Waals surface area contributed by atoms with E-state index < -0.39 is 5.97 Å². The number of hydrogen-bond acceptors (Lipinski definition) is 2. The molecule has 1 aliphatic heterocycles. The van der Waals surface area contributed by atoms with Gasteiger partial charge in [-0.3, -0.25) is 0 Å². The fraction of sp³-hybridized carbons (Fsp3) is 0.250. The van der Waals surface area contributed by atoms with E-state index in [0.29, 0.717) is 11.5 Å². The van der Waals surface area contributed by atoms with Gasteiger partial charge >= 0.3 is 5.97 Å². The predicted molar refractivity (Wildman–Crippen MR) is 95.9 cm³/mol. The first kappa shape index (κ1) is 15.3. The number of aryl methyl sites for hydroxylation is 1. The van der Waals surface area contributed by atoms with E-state index in [2.05, 4.69) is 23.5 Å². The third-order valence-electron chi connectivity index (χ3n) is 5.17. The number of carboxylic acid groups (broad SMARTS) is 1. The number of hydrogen-bond donors (Lipinski definition) is 2. The fourth-order valence-corrected chi connectivity index (χ4v) is 4.27. The molecule has 4 rings (SSSR count). The van der Waals surface area contributed by atoms with Gasteiger partial charge in [-0.15, -0.1) is 0 Å². The second-order valence-electron chi connectivity index (χ2n) is 6.55. The number of benzene rings is 2. The van der Waals surface area contributed by atoms with Crippen molar-refractivity contribution in [2.24, 2.45) is 5.92 Å². The molecule has 24 heavy (non-hydrogen) atoms. The van der Waals surface area contributed by atoms with E-state index in [4.69, 9.17) is 11.6 Å². The Morgan fingerprint density at radius 3 is 2.88 bits per heavy atom. The molecule has 4 heteroatoms. The Bertz CT molecular complexity index is 859. The summed E-state index contributed by atoms with van der Waals surface area (Å²) in [6, 6.07) is 11.6. The van der Waals surface area contributed by atoms with Crippen LogP contribution in [0.25, 0.3) is 0 Å². The molecular formula is C20H18ClNO2. The van der Waals surface area contributed by atoms with Gasteiger partial charge in [0.05, 0.1) is 11.6 Å². The summed E-state index contributed by atoms with van der Waals surface area (Å²) in [6.07, 6.45) is 5.26. The van der Waals surface area contributed by atoms with Crippen LogP contribution in [0.4, 0.5) is 5.69 Å². The van der Waals surface area contributed by atoms with Crippen LogP contribution in [-0.4, -0.2) is 11.1 Å². The van der Waals surface area contributed by atoms with Gasteiger partial charge in [0.2, 0.25) is 0 Å². The van der Waals surface area contributed by atoms with Crippen molar-refractivity contribution in [3.8, 4) is 0 Å². The van der Waals surface area contributed by atoms with Crippen molar-refractivity contribution in [2.45, 2.75) is 25.3 Å². The largest absolute Gasteiger partial charge is 0.478 e. The molecule has 2 N–H and O–H groups in total. The number of fused-ring (bicyclic) bond motifs is 3. The van der Waals surface area contributed by atoms with Crippen LogP contribution in [0.5, 0.6) is 0 Å². The lowest BCUT2D eigenvalue weighted by molar-refractivity contribution is 0.0695. The number of carbonyl (C=O) groups is 1. The Morgan fingerprint density at radius 1 is 1.29 bits per heavy atom. The second-order valence-corrected chi connectivity index (χ2v) is 6.99. The number of rotatable bonds is 2. The molecule has 3 nitrogen and oxygen atoms in total. The molecule has 0 radical (unpaired) electrons. The van der Waals surface area contributed by atoms with Gasteiger partial charge in [0.1, 0.15) is 0 Å². The van der Waals surface area contributed by atoms with Crippen LogP contribution in [-0.2, 0) is 0 Å². The first-order valence-corrected chi connectivity index (χ1v) is 8.49. The highest BCUT2D eigenvalue weighted by Crippen LogP contribution is 2.51. The molecule has 0 amide bonds.